The Kier molecular flexibility index (Phi) is 4.85. The van der Waals surface area contributed by atoms with Crippen molar-refractivity contribution < 1.29 is 14.3 Å². The average Bonchev–Trinajstić information content (AvgIpc) is 2.75. The zero-order chi connectivity index (χ0) is 15.5. The molecule has 0 aliphatic carbocycles. The lowest BCUT2D eigenvalue weighted by atomic mass is 10.1. The number of nitrogens with one attached hydrogen (secondary N) is 2. The van der Waals surface area contributed by atoms with Gasteiger partial charge in [-0.2, -0.15) is 0 Å². The van der Waals surface area contributed by atoms with Gasteiger partial charge in [0.15, 0.2) is 5.79 Å². The molecule has 5 nitrogen and oxygen atoms in total. The fraction of sp³-hybridized carbons (Fsp3) is 0.562. The van der Waals surface area contributed by atoms with Crippen molar-refractivity contribution in [1.82, 2.24) is 5.32 Å². The van der Waals surface area contributed by atoms with Crippen LogP contribution in [-0.2, 0) is 9.47 Å². The van der Waals surface area contributed by atoms with Crippen molar-refractivity contribution >= 4 is 11.6 Å². The number of hydrogen-bond acceptors (Lipinski definition) is 4. The number of benzene rings is 1. The molecule has 1 heterocycles. The van der Waals surface area contributed by atoms with Crippen LogP contribution in [-0.4, -0.2) is 37.0 Å². The molecule has 1 unspecified atom stereocenters. The van der Waals surface area contributed by atoms with E-state index in [0.717, 1.165) is 5.69 Å². The Labute approximate surface area is 126 Å². The molecule has 0 aromatic heterocycles. The number of rotatable bonds is 5. The van der Waals surface area contributed by atoms with Crippen molar-refractivity contribution in [2.75, 3.05) is 18.5 Å². The van der Waals surface area contributed by atoms with Gasteiger partial charge in [-0.15, -0.1) is 0 Å². The van der Waals surface area contributed by atoms with E-state index in [1.54, 1.807) is 0 Å². The van der Waals surface area contributed by atoms with Gasteiger partial charge >= 0.3 is 0 Å². The van der Waals surface area contributed by atoms with Gasteiger partial charge in [0.25, 0.3) is 5.91 Å². The maximum atomic E-state index is 12.3. The summed E-state index contributed by atoms with van der Waals surface area (Å²) in [6.45, 7) is 8.77. The Bertz CT molecular complexity index is 500. The van der Waals surface area contributed by atoms with E-state index in [1.165, 1.54) is 0 Å². The Morgan fingerprint density at radius 3 is 2.71 bits per heavy atom. The van der Waals surface area contributed by atoms with Crippen LogP contribution >= 0.6 is 0 Å². The summed E-state index contributed by atoms with van der Waals surface area (Å²) in [7, 11) is 0. The van der Waals surface area contributed by atoms with Gasteiger partial charge in [-0.05, 0) is 39.8 Å². The predicted molar refractivity (Wildman–Crippen MR) is 82.4 cm³/mol. The van der Waals surface area contributed by atoms with Gasteiger partial charge < -0.3 is 20.1 Å². The lowest BCUT2D eigenvalue weighted by Gasteiger charge is -2.18. The van der Waals surface area contributed by atoms with Crippen LogP contribution < -0.4 is 10.6 Å². The first kappa shape index (κ1) is 15.8. The third-order valence-electron chi connectivity index (χ3n) is 3.17. The van der Waals surface area contributed by atoms with Crippen LogP contribution in [0.2, 0.25) is 0 Å². The summed E-state index contributed by atoms with van der Waals surface area (Å²) in [6.07, 6.45) is -0.103. The van der Waals surface area contributed by atoms with Gasteiger partial charge in [0.05, 0.1) is 12.2 Å². The third kappa shape index (κ3) is 4.44. The minimum Gasteiger partial charge on any atom is -0.382 e. The number of anilines is 1. The molecule has 1 fully saturated rings. The van der Waals surface area contributed by atoms with E-state index < -0.39 is 5.79 Å². The molecule has 0 spiro atoms. The third-order valence-corrected chi connectivity index (χ3v) is 3.17. The van der Waals surface area contributed by atoms with Crippen LogP contribution in [0.25, 0.3) is 0 Å². The van der Waals surface area contributed by atoms with Crippen LogP contribution in [0, 0.1) is 0 Å². The van der Waals surface area contributed by atoms with Gasteiger partial charge in [0.2, 0.25) is 0 Å². The Balaban J connectivity index is 1.95. The van der Waals surface area contributed by atoms with Gasteiger partial charge in [-0.1, -0.05) is 12.1 Å². The second-order valence-electron chi connectivity index (χ2n) is 6.01. The zero-order valence-corrected chi connectivity index (χ0v) is 13.1. The predicted octanol–water partition coefficient (Wildman–Crippen LogP) is 2.39. The monoisotopic (exact) mass is 292 g/mol. The molecule has 1 aliphatic rings. The number of amides is 1. The van der Waals surface area contributed by atoms with Crippen molar-refractivity contribution in [1.29, 1.82) is 0 Å². The molecular formula is C16H24N2O3. The van der Waals surface area contributed by atoms with Gasteiger partial charge in [0.1, 0.15) is 6.10 Å². The van der Waals surface area contributed by atoms with E-state index in [4.69, 9.17) is 9.47 Å². The fourth-order valence-corrected chi connectivity index (χ4v) is 2.28. The molecule has 21 heavy (non-hydrogen) atoms. The van der Waals surface area contributed by atoms with Gasteiger partial charge in [-0.25, -0.2) is 0 Å². The van der Waals surface area contributed by atoms with Crippen molar-refractivity contribution in [3.63, 3.8) is 0 Å². The molecule has 5 heteroatoms. The molecular weight excluding hydrogens is 268 g/mol. The van der Waals surface area contributed by atoms with Crippen LogP contribution in [0.3, 0.4) is 0 Å². The maximum Gasteiger partial charge on any atom is 0.253 e. The number of para-hydroxylation sites is 1. The van der Waals surface area contributed by atoms with E-state index in [0.29, 0.717) is 18.7 Å². The lowest BCUT2D eigenvalue weighted by molar-refractivity contribution is -0.137. The van der Waals surface area contributed by atoms with Crippen molar-refractivity contribution in [3.8, 4) is 0 Å². The Morgan fingerprint density at radius 2 is 2.10 bits per heavy atom. The molecule has 1 aromatic carbocycles. The van der Waals surface area contributed by atoms with Crippen molar-refractivity contribution in [3.05, 3.63) is 29.8 Å². The summed E-state index contributed by atoms with van der Waals surface area (Å²) in [5.41, 5.74) is 1.48. The largest absolute Gasteiger partial charge is 0.382 e. The highest BCUT2D eigenvalue weighted by atomic mass is 16.7. The fourth-order valence-electron chi connectivity index (χ4n) is 2.28. The highest BCUT2D eigenvalue weighted by Gasteiger charge is 2.32. The summed E-state index contributed by atoms with van der Waals surface area (Å²) in [4.78, 5) is 12.3. The van der Waals surface area contributed by atoms with E-state index in [1.807, 2.05) is 52.0 Å². The topological polar surface area (TPSA) is 59.6 Å². The number of carbonyl (C=O) groups excluding carboxylic acids is 1. The first-order valence-corrected chi connectivity index (χ1v) is 7.33. The van der Waals surface area contributed by atoms with Crippen LogP contribution in [0.4, 0.5) is 5.69 Å². The molecule has 2 N–H and O–H groups in total. The summed E-state index contributed by atoms with van der Waals surface area (Å²) < 4.78 is 11.2. The second-order valence-corrected chi connectivity index (χ2v) is 6.01. The van der Waals surface area contributed by atoms with Crippen molar-refractivity contribution in [2.24, 2.45) is 0 Å². The summed E-state index contributed by atoms with van der Waals surface area (Å²) in [5.74, 6) is -0.668. The van der Waals surface area contributed by atoms with Crippen molar-refractivity contribution in [2.45, 2.75) is 45.6 Å². The molecule has 1 amide bonds. The first-order valence-electron chi connectivity index (χ1n) is 7.33. The molecule has 0 bridgehead atoms. The summed E-state index contributed by atoms with van der Waals surface area (Å²) in [5, 5.41) is 6.19. The Morgan fingerprint density at radius 1 is 1.38 bits per heavy atom. The SMILES string of the molecule is CC(C)Nc1ccccc1C(=O)NCC1COC(C)(C)O1. The molecule has 1 atom stereocenters. The Hall–Kier alpha value is -1.59. The molecule has 1 aromatic rings. The normalized spacial score (nSPS) is 20.5. The van der Waals surface area contributed by atoms with E-state index in [-0.39, 0.29) is 18.1 Å². The zero-order valence-electron chi connectivity index (χ0n) is 13.1. The summed E-state index contributed by atoms with van der Waals surface area (Å²) >= 11 is 0. The highest BCUT2D eigenvalue weighted by Crippen LogP contribution is 2.22. The maximum absolute atomic E-state index is 12.3. The molecule has 1 saturated heterocycles. The van der Waals surface area contributed by atoms with Gasteiger partial charge in [-0.3, -0.25) is 4.79 Å². The lowest BCUT2D eigenvalue weighted by Crippen LogP contribution is -2.34. The average molecular weight is 292 g/mol. The molecule has 116 valence electrons. The number of hydrogen-bond donors (Lipinski definition) is 2. The summed E-state index contributed by atoms with van der Waals surface area (Å²) in [6, 6.07) is 7.77. The molecule has 0 saturated carbocycles. The molecule has 0 radical (unpaired) electrons. The standard InChI is InChI=1S/C16H24N2O3/c1-11(2)18-14-8-6-5-7-13(14)15(19)17-9-12-10-20-16(3,4)21-12/h5-8,11-12,18H,9-10H2,1-4H3,(H,17,19). The van der Waals surface area contributed by atoms with E-state index >= 15 is 0 Å². The molecule has 2 rings (SSSR count). The quantitative estimate of drug-likeness (QED) is 0.875. The smallest absolute Gasteiger partial charge is 0.253 e. The minimum absolute atomic E-state index is 0.103. The van der Waals surface area contributed by atoms with E-state index in [9.17, 15) is 4.79 Å². The number of carbonyl (C=O) groups is 1. The van der Waals surface area contributed by atoms with Gasteiger partial charge in [0, 0.05) is 18.3 Å². The van der Waals surface area contributed by atoms with Crippen LogP contribution in [0.1, 0.15) is 38.1 Å². The van der Waals surface area contributed by atoms with Crippen LogP contribution in [0.5, 0.6) is 0 Å². The van der Waals surface area contributed by atoms with Crippen LogP contribution in [0.15, 0.2) is 24.3 Å². The second kappa shape index (κ2) is 6.45. The molecule has 1 aliphatic heterocycles. The minimum atomic E-state index is -0.563. The highest BCUT2D eigenvalue weighted by molar-refractivity contribution is 5.99. The first-order chi connectivity index (χ1) is 9.87. The number of ether oxygens (including phenoxy) is 2. The van der Waals surface area contributed by atoms with E-state index in [2.05, 4.69) is 10.6 Å².